The summed E-state index contributed by atoms with van der Waals surface area (Å²) >= 11 is 0. The van der Waals surface area contributed by atoms with Gasteiger partial charge in [0.05, 0.1) is 0 Å². The largest absolute Gasteiger partial charge is 0.358 e. The van der Waals surface area contributed by atoms with E-state index in [0.29, 0.717) is 5.92 Å². The molecule has 0 bridgehead atoms. The maximum absolute atomic E-state index is 3.81. The Morgan fingerprint density at radius 3 is 2.15 bits per heavy atom. The van der Waals surface area contributed by atoms with E-state index in [0.717, 1.165) is 12.1 Å². The molecule has 0 saturated heterocycles. The van der Waals surface area contributed by atoms with Crippen molar-refractivity contribution in [3.05, 3.63) is 143 Å². The van der Waals surface area contributed by atoms with E-state index in [-0.39, 0.29) is 5.41 Å². The van der Waals surface area contributed by atoms with Gasteiger partial charge >= 0.3 is 0 Å². The van der Waals surface area contributed by atoms with Gasteiger partial charge in [0.15, 0.2) is 0 Å². The van der Waals surface area contributed by atoms with Crippen LogP contribution in [0.25, 0.3) is 16.7 Å². The topological polar surface area (TPSA) is 12.0 Å². The number of hydrogen-bond acceptors (Lipinski definition) is 1. The van der Waals surface area contributed by atoms with Gasteiger partial charge in [-0.25, -0.2) is 0 Å². The first-order valence-electron chi connectivity index (χ1n) is 12.1. The Morgan fingerprint density at radius 2 is 1.35 bits per heavy atom. The third kappa shape index (κ3) is 3.49. The predicted molar refractivity (Wildman–Crippen MR) is 144 cm³/mol. The summed E-state index contributed by atoms with van der Waals surface area (Å²) in [5.41, 5.74) is 12.0. The maximum Gasteiger partial charge on any atom is 0.0385 e. The number of rotatable bonds is 4. The molecule has 34 heavy (non-hydrogen) atoms. The Morgan fingerprint density at radius 1 is 0.676 bits per heavy atom. The number of allylic oxidation sites excluding steroid dienone is 4. The Kier molecular flexibility index (Phi) is 4.99. The molecule has 6 rings (SSSR count). The Balaban J connectivity index is 1.38. The lowest BCUT2D eigenvalue weighted by atomic mass is 9.82. The highest BCUT2D eigenvalue weighted by atomic mass is 14.9. The highest BCUT2D eigenvalue weighted by Gasteiger charge is 2.35. The van der Waals surface area contributed by atoms with Gasteiger partial charge in [0.2, 0.25) is 0 Å². The first-order valence-corrected chi connectivity index (χ1v) is 12.1. The third-order valence-electron chi connectivity index (χ3n) is 7.48. The minimum absolute atomic E-state index is 0.00375. The second kappa shape index (κ2) is 8.18. The zero-order chi connectivity index (χ0) is 23.1. The molecule has 1 N–H and O–H groups in total. The van der Waals surface area contributed by atoms with Crippen LogP contribution in [0.3, 0.4) is 0 Å². The fraction of sp³-hybridized carbons (Fsp3) is 0.152. The summed E-state index contributed by atoms with van der Waals surface area (Å²) < 4.78 is 0. The molecule has 0 heterocycles. The average Bonchev–Trinajstić information content (AvgIpc) is 3.12. The van der Waals surface area contributed by atoms with Crippen molar-refractivity contribution >= 4 is 11.3 Å². The fourth-order valence-corrected chi connectivity index (χ4v) is 5.63. The van der Waals surface area contributed by atoms with Gasteiger partial charge in [-0.15, -0.1) is 0 Å². The van der Waals surface area contributed by atoms with Gasteiger partial charge < -0.3 is 5.32 Å². The summed E-state index contributed by atoms with van der Waals surface area (Å²) in [6, 6.07) is 37.3. The molecular formula is C33H29N. The van der Waals surface area contributed by atoms with E-state index in [1.807, 2.05) is 0 Å². The quantitative estimate of drug-likeness (QED) is 0.336. The lowest BCUT2D eigenvalue weighted by molar-refractivity contribution is 0.660. The number of fused-ring (bicyclic) bond motifs is 3. The first kappa shape index (κ1) is 20.7. The normalized spacial score (nSPS) is 17.9. The van der Waals surface area contributed by atoms with Gasteiger partial charge in [-0.1, -0.05) is 111 Å². The SMILES string of the molecule is CC1(C)c2ccccc2-c2ccc(NC3=CC=C(c4ccccc4)CC3c3ccccc3)cc21. The van der Waals surface area contributed by atoms with Gasteiger partial charge in [-0.3, -0.25) is 0 Å². The minimum atomic E-state index is 0.00375. The van der Waals surface area contributed by atoms with Crippen LogP contribution in [0.2, 0.25) is 0 Å². The van der Waals surface area contributed by atoms with Gasteiger partial charge in [-0.05, 0) is 63.6 Å². The smallest absolute Gasteiger partial charge is 0.0385 e. The van der Waals surface area contributed by atoms with Gasteiger partial charge in [0.1, 0.15) is 0 Å². The second-order valence-electron chi connectivity index (χ2n) is 9.90. The van der Waals surface area contributed by atoms with Gasteiger partial charge in [-0.2, -0.15) is 0 Å². The molecule has 4 aromatic carbocycles. The first-order chi connectivity index (χ1) is 16.6. The van der Waals surface area contributed by atoms with Crippen LogP contribution in [0.1, 0.15) is 48.4 Å². The third-order valence-corrected chi connectivity index (χ3v) is 7.48. The van der Waals surface area contributed by atoms with Crippen molar-refractivity contribution in [2.75, 3.05) is 5.32 Å². The molecule has 2 aliphatic carbocycles. The van der Waals surface area contributed by atoms with E-state index in [2.05, 4.69) is 134 Å². The molecular weight excluding hydrogens is 410 g/mol. The molecule has 1 nitrogen and oxygen atoms in total. The predicted octanol–water partition coefficient (Wildman–Crippen LogP) is 8.56. The molecule has 0 radical (unpaired) electrons. The van der Waals surface area contributed by atoms with Crippen LogP contribution in [0, 0.1) is 0 Å². The zero-order valence-electron chi connectivity index (χ0n) is 19.8. The number of hydrogen-bond donors (Lipinski definition) is 1. The standard InChI is InChI=1S/C33H29N/c1-33(2)30-16-10-9-15-27(30)28-19-18-26(22-31(28)33)34-32-20-17-25(23-11-5-3-6-12-23)21-29(32)24-13-7-4-8-14-24/h3-20,22,29,34H,21H2,1-2H3. The molecule has 1 heteroatoms. The van der Waals surface area contributed by atoms with E-state index < -0.39 is 0 Å². The lowest BCUT2D eigenvalue weighted by Crippen LogP contribution is -2.16. The van der Waals surface area contributed by atoms with Crippen LogP contribution in [-0.2, 0) is 5.41 Å². The van der Waals surface area contributed by atoms with Crippen molar-refractivity contribution in [1.82, 2.24) is 0 Å². The molecule has 0 amide bonds. The van der Waals surface area contributed by atoms with Crippen molar-refractivity contribution in [2.45, 2.75) is 31.6 Å². The summed E-state index contributed by atoms with van der Waals surface area (Å²) in [6.07, 6.45) is 5.54. The molecule has 1 atom stereocenters. The number of nitrogens with one attached hydrogen (secondary N) is 1. The van der Waals surface area contributed by atoms with E-state index in [1.54, 1.807) is 0 Å². The Hall–Kier alpha value is -3.84. The molecule has 0 aromatic heterocycles. The molecule has 0 spiro atoms. The van der Waals surface area contributed by atoms with Crippen LogP contribution in [0.5, 0.6) is 0 Å². The van der Waals surface area contributed by atoms with E-state index in [4.69, 9.17) is 0 Å². The molecule has 4 aromatic rings. The summed E-state index contributed by atoms with van der Waals surface area (Å²) in [4.78, 5) is 0. The molecule has 2 aliphatic rings. The second-order valence-corrected chi connectivity index (χ2v) is 9.90. The van der Waals surface area contributed by atoms with Gasteiger partial charge in [0, 0.05) is 22.7 Å². The summed E-state index contributed by atoms with van der Waals surface area (Å²) in [5, 5.41) is 3.81. The van der Waals surface area contributed by atoms with E-state index in [1.165, 1.54) is 44.7 Å². The fourth-order valence-electron chi connectivity index (χ4n) is 5.63. The highest BCUT2D eigenvalue weighted by molar-refractivity contribution is 5.82. The molecule has 166 valence electrons. The number of benzene rings is 4. The molecule has 0 fully saturated rings. The van der Waals surface area contributed by atoms with Crippen molar-refractivity contribution < 1.29 is 0 Å². The van der Waals surface area contributed by atoms with Crippen molar-refractivity contribution in [3.63, 3.8) is 0 Å². The number of anilines is 1. The molecule has 0 saturated carbocycles. The summed E-state index contributed by atoms with van der Waals surface area (Å²) in [7, 11) is 0. The average molecular weight is 440 g/mol. The highest BCUT2D eigenvalue weighted by Crippen LogP contribution is 2.49. The van der Waals surface area contributed by atoms with Crippen molar-refractivity contribution in [2.24, 2.45) is 0 Å². The van der Waals surface area contributed by atoms with Crippen LogP contribution in [0.15, 0.2) is 121 Å². The van der Waals surface area contributed by atoms with Crippen LogP contribution in [0.4, 0.5) is 5.69 Å². The lowest BCUT2D eigenvalue weighted by Gasteiger charge is -2.28. The Bertz CT molecular complexity index is 1410. The van der Waals surface area contributed by atoms with E-state index >= 15 is 0 Å². The summed E-state index contributed by atoms with van der Waals surface area (Å²) in [6.45, 7) is 4.67. The maximum atomic E-state index is 3.81. The van der Waals surface area contributed by atoms with E-state index in [9.17, 15) is 0 Å². The minimum Gasteiger partial charge on any atom is -0.358 e. The Labute approximate surface area is 202 Å². The van der Waals surface area contributed by atoms with Crippen LogP contribution in [-0.4, -0.2) is 0 Å². The molecule has 0 aliphatic heterocycles. The van der Waals surface area contributed by atoms with Crippen LogP contribution < -0.4 is 5.32 Å². The summed E-state index contributed by atoms with van der Waals surface area (Å²) in [5.74, 6) is 0.292. The van der Waals surface area contributed by atoms with Crippen molar-refractivity contribution in [3.8, 4) is 11.1 Å². The van der Waals surface area contributed by atoms with Crippen LogP contribution >= 0.6 is 0 Å². The van der Waals surface area contributed by atoms with Crippen molar-refractivity contribution in [1.29, 1.82) is 0 Å². The zero-order valence-corrected chi connectivity index (χ0v) is 19.8. The molecule has 1 unspecified atom stereocenters. The van der Waals surface area contributed by atoms with Gasteiger partial charge in [0.25, 0.3) is 0 Å². The monoisotopic (exact) mass is 439 g/mol.